The number of hydrogen-bond donors (Lipinski definition) is 2. The molecule has 0 unspecified atom stereocenters. The molecule has 2 aromatic heterocycles. The number of nitrogen functional groups attached to an aromatic ring is 1. The lowest BCUT2D eigenvalue weighted by molar-refractivity contribution is -0.0494. The van der Waals surface area contributed by atoms with E-state index in [1.165, 1.54) is 39.4 Å². The minimum atomic E-state index is -3.39. The molecule has 0 atom stereocenters. The van der Waals surface area contributed by atoms with Gasteiger partial charge in [0.15, 0.2) is 11.6 Å². The molecular formula is C31H29F3N6O5S. The number of aromatic amines is 1. The van der Waals surface area contributed by atoms with Crippen molar-refractivity contribution in [3.05, 3.63) is 89.5 Å². The van der Waals surface area contributed by atoms with Crippen LogP contribution in [-0.4, -0.2) is 72.3 Å². The Kier molecular flexibility index (Phi) is 8.12. The molecule has 0 bridgehead atoms. The predicted molar refractivity (Wildman–Crippen MR) is 166 cm³/mol. The fourth-order valence-corrected chi connectivity index (χ4v) is 6.25. The van der Waals surface area contributed by atoms with E-state index in [2.05, 4.69) is 10.1 Å². The number of anilines is 2. The van der Waals surface area contributed by atoms with Crippen molar-refractivity contribution in [2.45, 2.75) is 13.5 Å². The number of sulfonamides is 1. The van der Waals surface area contributed by atoms with E-state index in [0.717, 1.165) is 6.26 Å². The van der Waals surface area contributed by atoms with Gasteiger partial charge in [0.1, 0.15) is 17.3 Å². The van der Waals surface area contributed by atoms with Gasteiger partial charge in [-0.15, -0.1) is 0 Å². The SMILES string of the molecule is Cc1cc(Oc2ccccc2F)ccc1-n1ncc(C(=O)c2cc3cc(OC(F)F)c(N4CCN(S(C)(=O)=O)CC4)cc3[nH]2)c1N. The number of H-pyrrole nitrogens is 1. The van der Waals surface area contributed by atoms with Crippen molar-refractivity contribution < 1.29 is 35.9 Å². The van der Waals surface area contributed by atoms with E-state index >= 15 is 0 Å². The fraction of sp³-hybridized carbons (Fsp3) is 0.226. The molecule has 0 amide bonds. The average molecular weight is 655 g/mol. The Morgan fingerprint density at radius 2 is 1.74 bits per heavy atom. The third kappa shape index (κ3) is 6.10. The van der Waals surface area contributed by atoms with Crippen molar-refractivity contribution in [3.63, 3.8) is 0 Å². The number of benzene rings is 3. The second-order valence-corrected chi connectivity index (χ2v) is 12.8. The molecule has 15 heteroatoms. The summed E-state index contributed by atoms with van der Waals surface area (Å²) in [4.78, 5) is 18.4. The van der Waals surface area contributed by atoms with Crippen LogP contribution in [-0.2, 0) is 10.0 Å². The Labute approximate surface area is 262 Å². The second kappa shape index (κ2) is 12.1. The van der Waals surface area contributed by atoms with E-state index in [4.69, 9.17) is 15.2 Å². The smallest absolute Gasteiger partial charge is 0.387 e. The minimum absolute atomic E-state index is 0.0701. The van der Waals surface area contributed by atoms with Crippen molar-refractivity contribution >= 4 is 38.2 Å². The van der Waals surface area contributed by atoms with Gasteiger partial charge in [0.05, 0.1) is 35.1 Å². The third-order valence-electron chi connectivity index (χ3n) is 7.72. The van der Waals surface area contributed by atoms with Gasteiger partial charge in [-0.05, 0) is 61.0 Å². The van der Waals surface area contributed by atoms with E-state index in [-0.39, 0.29) is 54.8 Å². The van der Waals surface area contributed by atoms with E-state index < -0.39 is 28.2 Å². The molecule has 1 saturated heterocycles. The number of nitrogens with zero attached hydrogens (tertiary/aromatic N) is 4. The van der Waals surface area contributed by atoms with Crippen molar-refractivity contribution in [1.82, 2.24) is 19.1 Å². The first-order valence-electron chi connectivity index (χ1n) is 14.1. The molecule has 3 heterocycles. The molecular weight excluding hydrogens is 625 g/mol. The topological polar surface area (TPSA) is 136 Å². The van der Waals surface area contributed by atoms with Gasteiger partial charge in [0.2, 0.25) is 15.8 Å². The first-order chi connectivity index (χ1) is 21.9. The fourth-order valence-electron chi connectivity index (χ4n) is 5.42. The molecule has 3 N–H and O–H groups in total. The number of aromatic nitrogens is 3. The van der Waals surface area contributed by atoms with Crippen LogP contribution in [0.15, 0.2) is 66.9 Å². The summed E-state index contributed by atoms with van der Waals surface area (Å²) in [6.45, 7) is -0.413. The summed E-state index contributed by atoms with van der Waals surface area (Å²) in [5.74, 6) is -0.523. The van der Waals surface area contributed by atoms with Gasteiger partial charge in [0.25, 0.3) is 0 Å². The summed E-state index contributed by atoms with van der Waals surface area (Å²) >= 11 is 0. The predicted octanol–water partition coefficient (Wildman–Crippen LogP) is 5.09. The molecule has 240 valence electrons. The number of carbonyl (C=O) groups excluding carboxylic acids is 1. The van der Waals surface area contributed by atoms with Crippen LogP contribution in [0.4, 0.5) is 24.7 Å². The Balaban J connectivity index is 1.27. The van der Waals surface area contributed by atoms with Gasteiger partial charge >= 0.3 is 6.61 Å². The van der Waals surface area contributed by atoms with Gasteiger partial charge in [0, 0.05) is 37.1 Å². The van der Waals surface area contributed by atoms with Crippen LogP contribution in [0.3, 0.4) is 0 Å². The van der Waals surface area contributed by atoms with Gasteiger partial charge in [-0.1, -0.05) is 12.1 Å². The maximum Gasteiger partial charge on any atom is 0.387 e. The lowest BCUT2D eigenvalue weighted by Crippen LogP contribution is -2.48. The van der Waals surface area contributed by atoms with Crippen LogP contribution < -0.4 is 20.1 Å². The number of hydrogen-bond acceptors (Lipinski definition) is 8. The zero-order valence-corrected chi connectivity index (χ0v) is 25.5. The lowest BCUT2D eigenvalue weighted by Gasteiger charge is -2.35. The van der Waals surface area contributed by atoms with Crippen LogP contribution in [0.25, 0.3) is 16.6 Å². The highest BCUT2D eigenvalue weighted by molar-refractivity contribution is 7.88. The van der Waals surface area contributed by atoms with Crippen LogP contribution in [0, 0.1) is 12.7 Å². The highest BCUT2D eigenvalue weighted by atomic mass is 32.2. The molecule has 0 aliphatic carbocycles. The first-order valence-corrected chi connectivity index (χ1v) is 16.0. The maximum absolute atomic E-state index is 14.0. The molecule has 0 radical (unpaired) electrons. The monoisotopic (exact) mass is 654 g/mol. The number of fused-ring (bicyclic) bond motifs is 1. The van der Waals surface area contributed by atoms with Gasteiger partial charge in [-0.3, -0.25) is 4.79 Å². The Bertz CT molecular complexity index is 2050. The largest absolute Gasteiger partial charge is 0.454 e. The number of alkyl halides is 2. The molecule has 1 aliphatic rings. The molecule has 0 spiro atoms. The lowest BCUT2D eigenvalue weighted by atomic mass is 10.1. The number of halogens is 3. The van der Waals surface area contributed by atoms with Gasteiger partial charge in [-0.2, -0.15) is 18.2 Å². The maximum atomic E-state index is 14.0. The molecule has 1 aliphatic heterocycles. The number of nitrogens with one attached hydrogen (secondary N) is 1. The second-order valence-electron chi connectivity index (χ2n) is 10.8. The molecule has 5 aromatic rings. The highest BCUT2D eigenvalue weighted by Gasteiger charge is 2.27. The van der Waals surface area contributed by atoms with Crippen molar-refractivity contribution in [1.29, 1.82) is 0 Å². The first kappa shape index (κ1) is 31.0. The van der Waals surface area contributed by atoms with E-state index in [9.17, 15) is 26.4 Å². The molecule has 6 rings (SSSR count). The van der Waals surface area contributed by atoms with Gasteiger partial charge < -0.3 is 25.1 Å². The van der Waals surface area contributed by atoms with Crippen LogP contribution >= 0.6 is 0 Å². The Morgan fingerprint density at radius 1 is 1.00 bits per heavy atom. The molecule has 3 aromatic carbocycles. The standard InChI is InChI=1S/C31H29F3N6O5S/c1-18-13-20(44-27-6-4-3-5-22(27)32)7-8-25(18)40-30(35)21(17-36-40)29(41)24-14-19-15-28(45-31(33)34)26(16-23(19)37-24)38-9-11-39(12-10-38)46(2,42)43/h3-8,13-17,31,37H,9-12,35H2,1-2H3. The Hall–Kier alpha value is -5.02. The normalized spacial score (nSPS) is 14.3. The van der Waals surface area contributed by atoms with Crippen molar-refractivity contribution in [2.24, 2.45) is 0 Å². The summed E-state index contributed by atoms with van der Waals surface area (Å²) < 4.78 is 77.8. The molecule has 0 saturated carbocycles. The van der Waals surface area contributed by atoms with Crippen molar-refractivity contribution in [3.8, 4) is 22.9 Å². The third-order valence-corrected chi connectivity index (χ3v) is 9.02. The number of piperazine rings is 1. The number of para-hydroxylation sites is 1. The highest BCUT2D eigenvalue weighted by Crippen LogP contribution is 2.36. The van der Waals surface area contributed by atoms with Gasteiger partial charge in [-0.25, -0.2) is 17.5 Å². The summed E-state index contributed by atoms with van der Waals surface area (Å²) in [7, 11) is -3.39. The quantitative estimate of drug-likeness (QED) is 0.210. The number of carbonyl (C=O) groups is 1. The number of nitrogens with two attached hydrogens (primary N) is 1. The molecule has 46 heavy (non-hydrogen) atoms. The summed E-state index contributed by atoms with van der Waals surface area (Å²) in [6.07, 6.45) is 2.46. The number of rotatable bonds is 9. The Morgan fingerprint density at radius 3 is 2.41 bits per heavy atom. The minimum Gasteiger partial charge on any atom is -0.454 e. The van der Waals surface area contributed by atoms with E-state index in [1.807, 2.05) is 0 Å². The zero-order valence-electron chi connectivity index (χ0n) is 24.7. The summed E-state index contributed by atoms with van der Waals surface area (Å²) in [5, 5.41) is 4.77. The van der Waals surface area contributed by atoms with Crippen molar-refractivity contribution in [2.75, 3.05) is 43.1 Å². The van der Waals surface area contributed by atoms with E-state index in [0.29, 0.717) is 33.6 Å². The summed E-state index contributed by atoms with van der Waals surface area (Å²) in [5.41, 5.74) is 8.74. The molecule has 1 fully saturated rings. The van der Waals surface area contributed by atoms with Crippen LogP contribution in [0.1, 0.15) is 21.6 Å². The zero-order chi connectivity index (χ0) is 32.7. The van der Waals surface area contributed by atoms with Crippen LogP contribution in [0.5, 0.6) is 17.2 Å². The number of ether oxygens (including phenoxy) is 2. The molecule has 11 nitrogen and oxygen atoms in total. The van der Waals surface area contributed by atoms with E-state index in [1.54, 1.807) is 48.2 Å². The number of ketones is 1. The average Bonchev–Trinajstić information content (AvgIpc) is 3.60. The van der Waals surface area contributed by atoms with Crippen LogP contribution in [0.2, 0.25) is 0 Å². The summed E-state index contributed by atoms with van der Waals surface area (Å²) in [6, 6.07) is 15.6. The number of aryl methyl sites for hydroxylation is 1.